The van der Waals surface area contributed by atoms with Crippen LogP contribution in [0.4, 0.5) is 13.2 Å². The first-order chi connectivity index (χ1) is 19.1. The lowest BCUT2D eigenvalue weighted by Crippen LogP contribution is -2.50. The summed E-state index contributed by atoms with van der Waals surface area (Å²) in [7, 11) is 2.13. The summed E-state index contributed by atoms with van der Waals surface area (Å²) in [4.78, 5) is 18.2. The number of nitrogens with one attached hydrogen (secondary N) is 2. The van der Waals surface area contributed by atoms with Crippen LogP contribution in [0.3, 0.4) is 0 Å². The summed E-state index contributed by atoms with van der Waals surface area (Å²) in [6, 6.07) is 0.879. The highest BCUT2D eigenvalue weighted by Crippen LogP contribution is 2.47. The maximum atomic E-state index is 14.4. The van der Waals surface area contributed by atoms with E-state index in [2.05, 4.69) is 27.7 Å². The molecular weight excluding hydrogens is 521 g/mol. The van der Waals surface area contributed by atoms with E-state index in [4.69, 9.17) is 4.74 Å². The Morgan fingerprint density at radius 3 is 2.50 bits per heavy atom. The number of hydrogen-bond acceptors (Lipinski definition) is 6. The lowest BCUT2D eigenvalue weighted by atomic mass is 9.65. The van der Waals surface area contributed by atoms with Crippen LogP contribution >= 0.6 is 0 Å². The number of morpholine rings is 1. The van der Waals surface area contributed by atoms with Gasteiger partial charge in [0.25, 0.3) is 0 Å². The Bertz CT molecular complexity index is 1260. The van der Waals surface area contributed by atoms with Gasteiger partial charge in [0.1, 0.15) is 0 Å². The number of ether oxygens (including phenoxy) is 1. The van der Waals surface area contributed by atoms with E-state index in [0.717, 1.165) is 32.4 Å². The van der Waals surface area contributed by atoms with Crippen LogP contribution in [0.5, 0.6) is 0 Å². The fourth-order valence-electron chi connectivity index (χ4n) is 7.75. The lowest BCUT2D eigenvalue weighted by Gasteiger charge is -2.46. The van der Waals surface area contributed by atoms with Crippen molar-refractivity contribution in [3.63, 3.8) is 0 Å². The van der Waals surface area contributed by atoms with E-state index >= 15 is 0 Å². The second-order valence-electron chi connectivity index (χ2n) is 12.6. The second-order valence-corrected chi connectivity index (χ2v) is 12.6. The van der Waals surface area contributed by atoms with Crippen LogP contribution in [0, 0.1) is 17.8 Å². The van der Waals surface area contributed by atoms with Gasteiger partial charge in [0.15, 0.2) is 0 Å². The van der Waals surface area contributed by atoms with Gasteiger partial charge in [-0.3, -0.25) is 18.8 Å². The SMILES string of the molecule is C[C@@H]1CN([C@@H](C)c2cc(C(F)(F)F)c3cn(C4CCCC([C@H](C5CCC5)C5NNCN5C)C4)c(=O)n3c2)CCO1. The number of halogens is 3. The summed E-state index contributed by atoms with van der Waals surface area (Å²) in [6.45, 7) is 6.51. The minimum absolute atomic E-state index is 0.0174. The predicted octanol–water partition coefficient (Wildman–Crippen LogP) is 4.37. The fraction of sp³-hybridized carbons (Fsp3) is 0.759. The van der Waals surface area contributed by atoms with Crippen LogP contribution in [-0.4, -0.2) is 64.5 Å². The summed E-state index contributed by atoms with van der Waals surface area (Å²) in [5.74, 6) is 1.52. The van der Waals surface area contributed by atoms with Gasteiger partial charge >= 0.3 is 11.9 Å². The average Bonchev–Trinajstić information content (AvgIpc) is 3.47. The van der Waals surface area contributed by atoms with E-state index < -0.39 is 11.7 Å². The molecule has 0 aromatic carbocycles. The molecule has 2 aliphatic carbocycles. The number of nitrogens with zero attached hydrogens (tertiary/aromatic N) is 4. The van der Waals surface area contributed by atoms with Gasteiger partial charge in [-0.2, -0.15) is 13.2 Å². The molecule has 3 unspecified atom stereocenters. The van der Waals surface area contributed by atoms with E-state index in [1.165, 1.54) is 35.9 Å². The van der Waals surface area contributed by atoms with Crippen molar-refractivity contribution in [2.24, 2.45) is 17.8 Å². The van der Waals surface area contributed by atoms with Gasteiger partial charge < -0.3 is 4.74 Å². The Labute approximate surface area is 233 Å². The molecule has 2 aromatic heterocycles. The maximum absolute atomic E-state index is 14.4. The fourth-order valence-corrected chi connectivity index (χ4v) is 7.75. The molecule has 0 spiro atoms. The van der Waals surface area contributed by atoms with E-state index in [0.29, 0.717) is 43.0 Å². The quantitative estimate of drug-likeness (QED) is 0.543. The summed E-state index contributed by atoms with van der Waals surface area (Å²) in [5.41, 5.74) is 6.10. The molecule has 11 heteroatoms. The van der Waals surface area contributed by atoms with Crippen molar-refractivity contribution in [3.05, 3.63) is 40.1 Å². The van der Waals surface area contributed by atoms with Crippen LogP contribution < -0.4 is 16.5 Å². The third-order valence-corrected chi connectivity index (χ3v) is 10.2. The first kappa shape index (κ1) is 28.2. The van der Waals surface area contributed by atoms with Gasteiger partial charge in [-0.05, 0) is 69.5 Å². The highest BCUT2D eigenvalue weighted by molar-refractivity contribution is 5.56. The van der Waals surface area contributed by atoms with Crippen LogP contribution in [0.15, 0.2) is 23.3 Å². The largest absolute Gasteiger partial charge is 0.418 e. The third-order valence-electron chi connectivity index (χ3n) is 10.2. The Hall–Kier alpha value is -1.92. The van der Waals surface area contributed by atoms with Crippen molar-refractivity contribution in [2.45, 2.75) is 89.3 Å². The standard InChI is InChI=1S/C29H43F3N6O2/c1-18-14-36(10-11-40-18)19(2)22-13-24(29(30,31)32)25-16-37(28(39)38(25)15-22)23-9-5-8-21(12-23)26(20-6-4-7-20)27-34-33-17-35(27)3/h13,15-16,18-21,23,26-27,33-34H,4-12,14,17H2,1-3H3/t18-,19+,21?,23?,26+,27?/m1/s1. The smallest absolute Gasteiger partial charge is 0.376 e. The highest BCUT2D eigenvalue weighted by atomic mass is 19.4. The van der Waals surface area contributed by atoms with Crippen molar-refractivity contribution in [1.82, 2.24) is 29.6 Å². The monoisotopic (exact) mass is 564 g/mol. The van der Waals surface area contributed by atoms with E-state index in [9.17, 15) is 18.0 Å². The molecule has 4 aliphatic rings. The van der Waals surface area contributed by atoms with Crippen molar-refractivity contribution in [1.29, 1.82) is 0 Å². The van der Waals surface area contributed by atoms with E-state index in [1.54, 1.807) is 10.8 Å². The summed E-state index contributed by atoms with van der Waals surface area (Å²) >= 11 is 0. The molecule has 8 nitrogen and oxygen atoms in total. The molecule has 6 atom stereocenters. The zero-order valence-corrected chi connectivity index (χ0v) is 23.8. The van der Waals surface area contributed by atoms with Crippen LogP contribution in [0.1, 0.15) is 82.0 Å². The number of hydrazine groups is 1. The van der Waals surface area contributed by atoms with Crippen LogP contribution in [-0.2, 0) is 10.9 Å². The van der Waals surface area contributed by atoms with Crippen molar-refractivity contribution in [3.8, 4) is 0 Å². The summed E-state index contributed by atoms with van der Waals surface area (Å²) in [5, 5.41) is 0. The number of hydrogen-bond donors (Lipinski definition) is 2. The molecule has 2 saturated heterocycles. The molecule has 2 aromatic rings. The van der Waals surface area contributed by atoms with E-state index in [-0.39, 0.29) is 35.6 Å². The average molecular weight is 565 g/mol. The van der Waals surface area contributed by atoms with Crippen LogP contribution in [0.25, 0.3) is 5.52 Å². The number of imidazole rings is 1. The number of alkyl halides is 3. The maximum Gasteiger partial charge on any atom is 0.418 e. The highest BCUT2D eigenvalue weighted by Gasteiger charge is 2.44. The van der Waals surface area contributed by atoms with Crippen LogP contribution in [0.2, 0.25) is 0 Å². The molecule has 2 aliphatic heterocycles. The number of fused-ring (bicyclic) bond motifs is 1. The molecule has 2 saturated carbocycles. The Morgan fingerprint density at radius 2 is 1.85 bits per heavy atom. The molecule has 0 bridgehead atoms. The van der Waals surface area contributed by atoms with E-state index in [1.807, 2.05) is 13.8 Å². The third kappa shape index (κ3) is 5.24. The Balaban J connectivity index is 1.33. The minimum Gasteiger partial charge on any atom is -0.376 e. The van der Waals surface area contributed by atoms with Crippen molar-refractivity contribution < 1.29 is 17.9 Å². The molecule has 6 rings (SSSR count). The van der Waals surface area contributed by atoms with Gasteiger partial charge in [0.2, 0.25) is 0 Å². The normalized spacial score (nSPS) is 30.9. The zero-order valence-electron chi connectivity index (χ0n) is 23.8. The van der Waals surface area contributed by atoms with Gasteiger partial charge in [-0.25, -0.2) is 15.6 Å². The van der Waals surface area contributed by atoms with Crippen molar-refractivity contribution >= 4 is 5.52 Å². The molecular formula is C29H43F3N6O2. The molecule has 222 valence electrons. The molecule has 0 radical (unpaired) electrons. The Morgan fingerprint density at radius 1 is 1.10 bits per heavy atom. The molecule has 0 amide bonds. The molecule has 2 N–H and O–H groups in total. The summed E-state index contributed by atoms with van der Waals surface area (Å²) < 4.78 is 51.7. The second kappa shape index (κ2) is 11.1. The van der Waals surface area contributed by atoms with Gasteiger partial charge in [-0.1, -0.05) is 25.7 Å². The topological polar surface area (TPSA) is 66.2 Å². The van der Waals surface area contributed by atoms with Gasteiger partial charge in [0, 0.05) is 37.6 Å². The Kier molecular flexibility index (Phi) is 7.80. The first-order valence-corrected chi connectivity index (χ1v) is 15.0. The summed E-state index contributed by atoms with van der Waals surface area (Å²) in [6.07, 6.45) is 6.23. The zero-order chi connectivity index (χ0) is 28.2. The van der Waals surface area contributed by atoms with Gasteiger partial charge in [0.05, 0.1) is 36.6 Å². The number of aromatic nitrogens is 2. The molecule has 4 fully saturated rings. The number of pyridine rings is 1. The van der Waals surface area contributed by atoms with Gasteiger partial charge in [-0.15, -0.1) is 0 Å². The predicted molar refractivity (Wildman–Crippen MR) is 147 cm³/mol. The molecule has 4 heterocycles. The number of rotatable bonds is 6. The first-order valence-electron chi connectivity index (χ1n) is 15.0. The minimum atomic E-state index is -4.56. The van der Waals surface area contributed by atoms with Crippen molar-refractivity contribution in [2.75, 3.05) is 33.4 Å². The lowest BCUT2D eigenvalue weighted by molar-refractivity contribution is -0.136. The molecule has 40 heavy (non-hydrogen) atoms.